The van der Waals surface area contributed by atoms with Gasteiger partial charge in [0.1, 0.15) is 0 Å². The summed E-state index contributed by atoms with van der Waals surface area (Å²) in [6, 6.07) is 1.38. The maximum absolute atomic E-state index is 2.51. The van der Waals surface area contributed by atoms with E-state index in [9.17, 15) is 0 Å². The molecule has 0 N–H and O–H groups in total. The molecular formula is C10H15SiTi. The molecule has 0 fully saturated rings. The average Bonchev–Trinajstić information content (AvgIpc) is 2.44. The quantitative estimate of drug-likeness (QED) is 0.581. The Bertz CT molecular complexity index is 253. The fourth-order valence-electron chi connectivity index (χ4n) is 2.28. The third-order valence-corrected chi connectivity index (χ3v) is 4.98. The van der Waals surface area contributed by atoms with E-state index >= 15 is 0 Å². The molecular weight excluding hydrogens is 196 g/mol. The first-order chi connectivity index (χ1) is 5.83. The molecule has 63 valence electrons. The summed E-state index contributed by atoms with van der Waals surface area (Å²) in [7, 11) is 1.33. The van der Waals surface area contributed by atoms with Gasteiger partial charge in [0.15, 0.2) is 0 Å². The van der Waals surface area contributed by atoms with Crippen molar-refractivity contribution < 1.29 is 20.4 Å². The molecule has 2 heteroatoms. The van der Waals surface area contributed by atoms with Crippen LogP contribution in [0.15, 0.2) is 22.8 Å². The molecule has 0 aromatic carbocycles. The standard InChI is InChI=1S/C10H15Si.Ti/c11-7-8-5-9-3-1-2-4-10(9)6-8;/h5-6H,1-4,7H2,11H3;. The van der Waals surface area contributed by atoms with Gasteiger partial charge in [0.25, 0.3) is 0 Å². The van der Waals surface area contributed by atoms with Crippen LogP contribution in [0.5, 0.6) is 0 Å². The number of allylic oxidation sites excluding steroid dienone is 4. The zero-order valence-electron chi connectivity index (χ0n) is 7.69. The molecule has 2 aliphatic rings. The molecule has 0 bridgehead atoms. The molecule has 0 heterocycles. The summed E-state index contributed by atoms with van der Waals surface area (Å²) in [4.78, 5) is 0. The van der Waals surface area contributed by atoms with E-state index in [0.29, 0.717) is 0 Å². The van der Waals surface area contributed by atoms with Crippen LogP contribution in [0.4, 0.5) is 0 Å². The summed E-state index contributed by atoms with van der Waals surface area (Å²) < 4.78 is 0.817. The van der Waals surface area contributed by atoms with Crippen LogP contribution >= 0.6 is 0 Å². The van der Waals surface area contributed by atoms with Crippen molar-refractivity contribution >= 4 is 10.2 Å². The van der Waals surface area contributed by atoms with Crippen molar-refractivity contribution in [1.82, 2.24) is 0 Å². The number of hydrogen-bond donors (Lipinski definition) is 0. The van der Waals surface area contributed by atoms with Crippen LogP contribution in [-0.4, -0.2) is 10.2 Å². The van der Waals surface area contributed by atoms with Gasteiger partial charge in [-0.1, -0.05) is 0 Å². The van der Waals surface area contributed by atoms with Gasteiger partial charge in [-0.2, -0.15) is 0 Å². The van der Waals surface area contributed by atoms with E-state index in [2.05, 4.69) is 26.5 Å². The molecule has 0 aliphatic heterocycles. The molecule has 0 nitrogen and oxygen atoms in total. The fourth-order valence-corrected chi connectivity index (χ4v) is 4.50. The number of rotatable bonds is 1. The SMILES string of the molecule is [SiH3]CC1=CC2=C(CCCC2)[CH]1[Ti]. The Kier molecular flexibility index (Phi) is 2.73. The Morgan fingerprint density at radius 3 is 2.83 bits per heavy atom. The molecule has 0 aromatic heterocycles. The Balaban J connectivity index is 2.24. The Morgan fingerprint density at radius 2 is 2.17 bits per heavy atom. The van der Waals surface area contributed by atoms with Gasteiger partial charge in [0.05, 0.1) is 0 Å². The van der Waals surface area contributed by atoms with Crippen molar-refractivity contribution in [3.05, 3.63) is 22.8 Å². The van der Waals surface area contributed by atoms with Crippen LogP contribution < -0.4 is 0 Å². The second-order valence-electron chi connectivity index (χ2n) is 3.76. The molecule has 0 saturated heterocycles. The van der Waals surface area contributed by atoms with Crippen LogP contribution in [-0.2, 0) is 20.4 Å². The minimum atomic E-state index is 0.817. The monoisotopic (exact) mass is 211 g/mol. The zero-order valence-corrected chi connectivity index (χ0v) is 11.3. The van der Waals surface area contributed by atoms with E-state index in [1.54, 1.807) is 16.7 Å². The Hall–Kier alpha value is 0.411. The first kappa shape index (κ1) is 8.99. The van der Waals surface area contributed by atoms with E-state index in [4.69, 9.17) is 0 Å². The minimum absolute atomic E-state index is 0.817. The van der Waals surface area contributed by atoms with Crippen LogP contribution in [0.25, 0.3) is 0 Å². The third kappa shape index (κ3) is 1.43. The van der Waals surface area contributed by atoms with Crippen LogP contribution in [0.2, 0.25) is 10.3 Å². The maximum atomic E-state index is 2.51. The summed E-state index contributed by atoms with van der Waals surface area (Å²) in [5, 5.41) is 0. The topological polar surface area (TPSA) is 0 Å². The summed E-state index contributed by atoms with van der Waals surface area (Å²) in [5.41, 5.74) is 5.22. The second kappa shape index (κ2) is 3.65. The summed E-state index contributed by atoms with van der Waals surface area (Å²) in [5.74, 6) is 0. The first-order valence-corrected chi connectivity index (χ1v) is 7.28. The van der Waals surface area contributed by atoms with E-state index in [0.717, 1.165) is 4.22 Å². The summed E-state index contributed by atoms with van der Waals surface area (Å²) in [6.07, 6.45) is 8.12. The molecule has 2 aliphatic carbocycles. The van der Waals surface area contributed by atoms with Crippen LogP contribution in [0.3, 0.4) is 0 Å². The van der Waals surface area contributed by atoms with Gasteiger partial charge in [-0.3, -0.25) is 0 Å². The van der Waals surface area contributed by atoms with E-state index in [1.165, 1.54) is 42.0 Å². The molecule has 0 radical (unpaired) electrons. The molecule has 0 saturated carbocycles. The van der Waals surface area contributed by atoms with Crippen LogP contribution in [0.1, 0.15) is 25.7 Å². The molecule has 1 unspecified atom stereocenters. The summed E-state index contributed by atoms with van der Waals surface area (Å²) >= 11 is 2.40. The predicted molar refractivity (Wildman–Crippen MR) is 52.1 cm³/mol. The molecule has 0 spiro atoms. The van der Waals surface area contributed by atoms with E-state index < -0.39 is 0 Å². The fraction of sp³-hybridized carbons (Fsp3) is 0.600. The van der Waals surface area contributed by atoms with Gasteiger partial charge in [-0.15, -0.1) is 0 Å². The Morgan fingerprint density at radius 1 is 1.42 bits per heavy atom. The third-order valence-electron chi connectivity index (χ3n) is 3.04. The molecule has 1 atom stereocenters. The van der Waals surface area contributed by atoms with Gasteiger partial charge in [0.2, 0.25) is 0 Å². The van der Waals surface area contributed by atoms with Gasteiger partial charge in [-0.05, 0) is 0 Å². The van der Waals surface area contributed by atoms with Crippen molar-refractivity contribution in [3.63, 3.8) is 0 Å². The van der Waals surface area contributed by atoms with Gasteiger partial charge in [-0.25, -0.2) is 0 Å². The first-order valence-electron chi connectivity index (χ1n) is 4.96. The average molecular weight is 211 g/mol. The molecule has 2 rings (SSSR count). The van der Waals surface area contributed by atoms with E-state index in [-0.39, 0.29) is 0 Å². The van der Waals surface area contributed by atoms with Crippen molar-refractivity contribution in [3.8, 4) is 0 Å². The van der Waals surface area contributed by atoms with Gasteiger partial charge in [0, 0.05) is 0 Å². The number of hydrogen-bond acceptors (Lipinski definition) is 0. The predicted octanol–water partition coefficient (Wildman–Crippen LogP) is 1.92. The van der Waals surface area contributed by atoms with Crippen molar-refractivity contribution in [2.75, 3.05) is 0 Å². The molecule has 0 aromatic rings. The van der Waals surface area contributed by atoms with Crippen molar-refractivity contribution in [2.45, 2.75) is 35.9 Å². The molecule has 12 heavy (non-hydrogen) atoms. The van der Waals surface area contributed by atoms with Crippen molar-refractivity contribution in [2.24, 2.45) is 0 Å². The Labute approximate surface area is 89.3 Å². The molecule has 0 amide bonds. The second-order valence-corrected chi connectivity index (χ2v) is 5.37. The van der Waals surface area contributed by atoms with Crippen molar-refractivity contribution in [1.29, 1.82) is 0 Å². The van der Waals surface area contributed by atoms with Gasteiger partial charge < -0.3 is 0 Å². The normalized spacial score (nSPS) is 28.9. The van der Waals surface area contributed by atoms with Gasteiger partial charge >= 0.3 is 89.4 Å². The zero-order chi connectivity index (χ0) is 8.55. The summed E-state index contributed by atoms with van der Waals surface area (Å²) in [6.45, 7) is 0. The van der Waals surface area contributed by atoms with Crippen LogP contribution in [0, 0.1) is 0 Å². The van der Waals surface area contributed by atoms with E-state index in [1.807, 2.05) is 0 Å².